The van der Waals surface area contributed by atoms with E-state index in [1.54, 1.807) is 63.2 Å². The highest BCUT2D eigenvalue weighted by Gasteiger charge is 2.48. The summed E-state index contributed by atoms with van der Waals surface area (Å²) in [4.78, 5) is 119. The smallest absolute Gasteiger partial charge is 0.236 e. The molecule has 18 heteroatoms. The number of carbonyl (C=O) groups is 8. The summed E-state index contributed by atoms with van der Waals surface area (Å²) in [6.07, 6.45) is 17.1. The number of amides is 1. The standard InChI is InChI=1S/C14H21N3O2.C13H21N3O.C11H18N2O.C10H16N2O.C10H20O.C9H16O2/c1-10(2)12(18)14(3)5-7-17(13(14)19)6-4-11-8-15-9-16-11;1-10(2)13(17)11-3-5-16(8-11)6-4-12-7-14-9-15-12;1-10(2,3)9(14)11(4,5)8-6-7-12-13-8;1-7(2)10(13)8(3)4-9-5-11-6-12-9;1-7-10(5,6)8(11)9(2,3)4;1-6(2)8(11)9(4,5)7(3)10/h8-10H,4-7H2,1-3H3,(H,15,16);7,9-11H,3-6,8H2,1-2H3,(H,14,15);6-7H,1-5H3,(H,12,13);5-8H,4H2,1-3H3,(H,11,12);7H2,1-6H3;6H,1-5H3. The number of hydrogen-bond acceptors (Lipinski definition) is 13. The minimum Gasteiger partial charge on any atom is -0.348 e. The van der Waals surface area contributed by atoms with Crippen LogP contribution in [0.1, 0.15) is 208 Å². The largest absolute Gasteiger partial charge is 0.348 e. The molecule has 2 aliphatic rings. The summed E-state index contributed by atoms with van der Waals surface area (Å²) in [5, 5.41) is 6.74. The van der Waals surface area contributed by atoms with E-state index in [0.29, 0.717) is 36.9 Å². The van der Waals surface area contributed by atoms with E-state index in [4.69, 9.17) is 0 Å². The number of Topliss-reactive ketones (excluding diaryl/α,β-unsaturated/α-hetero) is 7. The van der Waals surface area contributed by atoms with Crippen molar-refractivity contribution in [2.24, 2.45) is 62.6 Å². The number of aromatic nitrogens is 8. The van der Waals surface area contributed by atoms with Gasteiger partial charge >= 0.3 is 0 Å². The predicted octanol–water partition coefficient (Wildman–Crippen LogP) is 11.9. The second kappa shape index (κ2) is 33.8. The molecule has 6 rings (SSSR count). The fourth-order valence-electron chi connectivity index (χ4n) is 10.2. The lowest BCUT2D eigenvalue weighted by atomic mass is 9.73. The van der Waals surface area contributed by atoms with Gasteiger partial charge in [-0.2, -0.15) is 5.10 Å². The van der Waals surface area contributed by atoms with Gasteiger partial charge in [0.05, 0.1) is 29.8 Å². The van der Waals surface area contributed by atoms with Crippen LogP contribution in [0.4, 0.5) is 0 Å². The van der Waals surface area contributed by atoms with E-state index in [9.17, 15) is 38.4 Å². The van der Waals surface area contributed by atoms with Crippen molar-refractivity contribution in [2.45, 2.75) is 210 Å². The van der Waals surface area contributed by atoms with Gasteiger partial charge in [0.15, 0.2) is 5.78 Å². The molecule has 0 aliphatic carbocycles. The minimum absolute atomic E-state index is 0.0185. The summed E-state index contributed by atoms with van der Waals surface area (Å²) in [7, 11) is 0. The first-order valence-corrected chi connectivity index (χ1v) is 30.7. The predicted molar refractivity (Wildman–Crippen MR) is 338 cm³/mol. The zero-order chi connectivity index (χ0) is 65.6. The number of nitrogens with zero attached hydrogens (tertiary/aromatic N) is 6. The van der Waals surface area contributed by atoms with E-state index in [2.05, 4.69) is 51.9 Å². The monoisotopic (exact) mass is 1180 g/mol. The van der Waals surface area contributed by atoms with Gasteiger partial charge in [0, 0.05) is 138 Å². The number of ketones is 7. The third-order valence-electron chi connectivity index (χ3n) is 16.2. The fourth-order valence-corrected chi connectivity index (χ4v) is 10.2. The van der Waals surface area contributed by atoms with E-state index in [1.165, 1.54) is 12.6 Å². The van der Waals surface area contributed by atoms with Crippen LogP contribution in [0.2, 0.25) is 0 Å². The van der Waals surface area contributed by atoms with Gasteiger partial charge in [-0.15, -0.1) is 0 Å². The van der Waals surface area contributed by atoms with Crippen molar-refractivity contribution in [3.63, 3.8) is 0 Å². The number of imidazole rings is 3. The number of aromatic amines is 4. The maximum Gasteiger partial charge on any atom is 0.236 e. The van der Waals surface area contributed by atoms with Crippen LogP contribution in [0.5, 0.6) is 0 Å². The summed E-state index contributed by atoms with van der Waals surface area (Å²) in [5.41, 5.74) is 1.30. The lowest BCUT2D eigenvalue weighted by Crippen LogP contribution is -2.40. The first-order valence-electron chi connectivity index (χ1n) is 30.7. The zero-order valence-corrected chi connectivity index (χ0v) is 56.8. The van der Waals surface area contributed by atoms with Crippen molar-refractivity contribution in [3.05, 3.63) is 72.6 Å². The molecule has 0 spiro atoms. The summed E-state index contributed by atoms with van der Waals surface area (Å²) in [5.74, 6) is 1.79. The molecule has 4 aromatic heterocycles. The van der Waals surface area contributed by atoms with Crippen molar-refractivity contribution in [3.8, 4) is 0 Å². The molecule has 2 aliphatic heterocycles. The molecule has 18 nitrogen and oxygen atoms in total. The van der Waals surface area contributed by atoms with E-state index in [0.717, 1.165) is 68.8 Å². The van der Waals surface area contributed by atoms with Crippen LogP contribution in [0.3, 0.4) is 0 Å². The third-order valence-corrected chi connectivity index (χ3v) is 16.2. The van der Waals surface area contributed by atoms with E-state index in [-0.39, 0.29) is 80.8 Å². The van der Waals surface area contributed by atoms with Crippen molar-refractivity contribution in [1.29, 1.82) is 0 Å². The molecule has 1 amide bonds. The van der Waals surface area contributed by atoms with Gasteiger partial charge in [-0.3, -0.25) is 43.5 Å². The molecular formula is C67H112N10O8. The van der Waals surface area contributed by atoms with Crippen molar-refractivity contribution in [1.82, 2.24) is 49.9 Å². The summed E-state index contributed by atoms with van der Waals surface area (Å²) in [6.45, 7) is 49.8. The Morgan fingerprint density at radius 2 is 1.15 bits per heavy atom. The van der Waals surface area contributed by atoms with Crippen LogP contribution >= 0.6 is 0 Å². The maximum absolute atomic E-state index is 12.4. The van der Waals surface area contributed by atoms with Crippen molar-refractivity contribution < 1.29 is 38.4 Å². The Morgan fingerprint density at radius 3 is 1.52 bits per heavy atom. The fraction of sp³-hybridized carbons (Fsp3) is 0.701. The van der Waals surface area contributed by atoms with Crippen LogP contribution < -0.4 is 0 Å². The minimum atomic E-state index is -0.817. The quantitative estimate of drug-likeness (QED) is 0.0567. The van der Waals surface area contributed by atoms with Crippen LogP contribution in [0.25, 0.3) is 0 Å². The Bertz CT molecular complexity index is 2670. The van der Waals surface area contributed by atoms with Crippen LogP contribution in [0, 0.1) is 62.6 Å². The molecule has 478 valence electrons. The average molecular weight is 1190 g/mol. The molecule has 0 saturated carbocycles. The van der Waals surface area contributed by atoms with E-state index < -0.39 is 16.2 Å². The third kappa shape index (κ3) is 24.3. The van der Waals surface area contributed by atoms with Gasteiger partial charge in [0.2, 0.25) is 5.91 Å². The lowest BCUT2D eigenvalue weighted by Gasteiger charge is -2.29. The van der Waals surface area contributed by atoms with Crippen molar-refractivity contribution in [2.75, 3.05) is 32.7 Å². The molecule has 85 heavy (non-hydrogen) atoms. The Labute approximate surface area is 510 Å². The van der Waals surface area contributed by atoms with Gasteiger partial charge in [-0.05, 0) is 79.8 Å². The molecule has 2 saturated heterocycles. The summed E-state index contributed by atoms with van der Waals surface area (Å²) in [6, 6.07) is 1.85. The van der Waals surface area contributed by atoms with Gasteiger partial charge in [0.1, 0.15) is 40.1 Å². The average Bonchev–Trinajstić information content (AvgIpc) is 4.06. The Kier molecular flexibility index (Phi) is 30.6. The number of H-pyrrole nitrogens is 4. The lowest BCUT2D eigenvalue weighted by molar-refractivity contribution is -0.145. The highest BCUT2D eigenvalue weighted by atomic mass is 16.2. The number of hydrogen-bond donors (Lipinski definition) is 4. The molecule has 6 heterocycles. The van der Waals surface area contributed by atoms with Gasteiger partial charge in [-0.25, -0.2) is 15.0 Å². The molecule has 4 N–H and O–H groups in total. The summed E-state index contributed by atoms with van der Waals surface area (Å²) < 4.78 is 0. The maximum atomic E-state index is 12.4. The van der Waals surface area contributed by atoms with Gasteiger partial charge in [0.25, 0.3) is 0 Å². The first kappa shape index (κ1) is 77.0. The second-order valence-electron chi connectivity index (χ2n) is 28.3. The number of carbonyl (C=O) groups excluding carboxylic acids is 8. The van der Waals surface area contributed by atoms with Gasteiger partial charge in [-0.1, -0.05) is 125 Å². The Balaban J connectivity index is 0.000000517. The topological polar surface area (TPSA) is 258 Å². The number of rotatable bonds is 21. The molecule has 0 aromatic carbocycles. The second-order valence-corrected chi connectivity index (χ2v) is 28.3. The molecular weight excluding hydrogens is 1070 g/mol. The molecule has 2 fully saturated rings. The van der Waals surface area contributed by atoms with E-state index in [1.807, 2.05) is 144 Å². The Morgan fingerprint density at radius 1 is 0.659 bits per heavy atom. The molecule has 4 aromatic rings. The normalized spacial score (nSPS) is 16.9. The number of likely N-dealkylation sites (tertiary alicyclic amines) is 2. The molecule has 3 atom stereocenters. The number of nitrogens with one attached hydrogen (secondary N) is 4. The van der Waals surface area contributed by atoms with Gasteiger partial charge < -0.3 is 24.8 Å². The first-order chi connectivity index (χ1) is 39.0. The molecule has 0 bridgehead atoms. The summed E-state index contributed by atoms with van der Waals surface area (Å²) >= 11 is 0. The Hall–Kier alpha value is -6.04. The SMILES string of the molecule is CC(=O)C(C)(C)C(=O)C(C)C.CC(C)(C)C(=O)C(C)(C)c1ccn[nH]1.CC(C)C(=O)C(C)Cc1cnc[nH]1.CC(C)C(=O)C1(C)CCN(CCc2cnc[nH]2)C1=O.CC(C)C(=O)C1CCN(CCc2cnc[nH]2)C1.CCC(C)(C)C(=O)C(C)(C)C. The molecule has 3 unspecified atom stereocenters. The highest BCUT2D eigenvalue weighted by Crippen LogP contribution is 2.36. The molecule has 0 radical (unpaired) electrons. The van der Waals surface area contributed by atoms with Crippen LogP contribution in [-0.2, 0) is 63.0 Å². The highest BCUT2D eigenvalue weighted by molar-refractivity contribution is 6.07. The van der Waals surface area contributed by atoms with Crippen LogP contribution in [-0.4, -0.2) is 129 Å². The van der Waals surface area contributed by atoms with Crippen molar-refractivity contribution >= 4 is 46.4 Å². The van der Waals surface area contributed by atoms with Crippen LogP contribution in [0.15, 0.2) is 49.8 Å². The zero-order valence-electron chi connectivity index (χ0n) is 56.8. The van der Waals surface area contributed by atoms with E-state index >= 15 is 0 Å².